The second-order valence-corrected chi connectivity index (χ2v) is 2.23. The highest BCUT2D eigenvalue weighted by Gasteiger charge is 1.87. The largest absolute Gasteiger partial charge is 0.397 e. The summed E-state index contributed by atoms with van der Waals surface area (Å²) in [5.74, 6) is 0.0926. The van der Waals surface area contributed by atoms with Crippen LogP contribution in [0.15, 0.2) is 0 Å². The Labute approximate surface area is 75.6 Å². The third-order valence-electron chi connectivity index (χ3n) is 0.630. The zero-order valence-corrected chi connectivity index (χ0v) is 9.01. The van der Waals surface area contributed by atoms with Gasteiger partial charge >= 0.3 is 0 Å². The highest BCUT2D eigenvalue weighted by molar-refractivity contribution is 5.72. The molecule has 2 N–H and O–H groups in total. The van der Waals surface area contributed by atoms with Crippen LogP contribution in [0.4, 0.5) is 0 Å². The van der Waals surface area contributed by atoms with Gasteiger partial charge in [-0.05, 0) is 21.0 Å². The highest BCUT2D eigenvalue weighted by atomic mass is 16.2. The van der Waals surface area contributed by atoms with Crippen molar-refractivity contribution in [3.8, 4) is 0 Å². The summed E-state index contributed by atoms with van der Waals surface area (Å²) in [5.41, 5.74) is 0. The lowest BCUT2D eigenvalue weighted by Crippen LogP contribution is -2.17. The molecule has 0 aromatic heterocycles. The quantitative estimate of drug-likeness (QED) is 0.546. The third kappa shape index (κ3) is 57.5. The van der Waals surface area contributed by atoms with Gasteiger partial charge in [0.25, 0.3) is 0 Å². The molecule has 1 amide bonds. The number of amides is 1. The van der Waals surface area contributed by atoms with Crippen LogP contribution in [0.2, 0.25) is 0 Å². The van der Waals surface area contributed by atoms with Crippen molar-refractivity contribution in [2.45, 2.75) is 13.8 Å². The Bertz CT molecular complexity index is 83.1. The summed E-state index contributed by atoms with van der Waals surface area (Å²) in [5, 5.41) is 10.3. The van der Waals surface area contributed by atoms with Crippen molar-refractivity contribution >= 4 is 5.91 Å². The first-order valence-corrected chi connectivity index (χ1v) is 3.85. The van der Waals surface area contributed by atoms with E-state index in [-0.39, 0.29) is 12.5 Å². The van der Waals surface area contributed by atoms with Gasteiger partial charge in [-0.15, -0.1) is 0 Å². The van der Waals surface area contributed by atoms with E-state index in [2.05, 4.69) is 5.32 Å². The van der Waals surface area contributed by atoms with Gasteiger partial charge in [0.1, 0.15) is 0 Å². The lowest BCUT2D eigenvalue weighted by molar-refractivity contribution is -0.126. The van der Waals surface area contributed by atoms with Crippen molar-refractivity contribution in [1.29, 1.82) is 0 Å². The summed E-state index contributed by atoms with van der Waals surface area (Å²) in [4.78, 5) is 11.6. The Balaban J connectivity index is -0.000000115. The van der Waals surface area contributed by atoms with E-state index in [1.165, 1.54) is 11.8 Å². The van der Waals surface area contributed by atoms with Crippen LogP contribution < -0.4 is 5.32 Å². The number of nitrogens with zero attached hydrogens (tertiary/aromatic N) is 1. The molecule has 0 aliphatic carbocycles. The van der Waals surface area contributed by atoms with Crippen LogP contribution in [-0.2, 0) is 4.79 Å². The molecule has 0 aliphatic heterocycles. The van der Waals surface area contributed by atoms with Crippen molar-refractivity contribution in [3.05, 3.63) is 0 Å². The van der Waals surface area contributed by atoms with Gasteiger partial charge in [0.05, 0.1) is 0 Å². The molecule has 0 saturated carbocycles. The first kappa shape index (κ1) is 17.5. The summed E-state index contributed by atoms with van der Waals surface area (Å²) < 4.78 is 0. The topological polar surface area (TPSA) is 52.6 Å². The molecule has 0 aliphatic rings. The van der Waals surface area contributed by atoms with Crippen LogP contribution >= 0.6 is 0 Å². The Morgan fingerprint density at radius 2 is 1.50 bits per heavy atom. The molecule has 0 aromatic rings. The predicted octanol–water partition coefficient (Wildman–Crippen LogP) is -0.0713. The first-order chi connectivity index (χ1) is 5.47. The molecule has 0 saturated heterocycles. The van der Waals surface area contributed by atoms with Crippen LogP contribution in [0, 0.1) is 0 Å². The van der Waals surface area contributed by atoms with Crippen LogP contribution in [0.1, 0.15) is 13.8 Å². The van der Waals surface area contributed by atoms with Crippen molar-refractivity contribution < 1.29 is 9.90 Å². The minimum Gasteiger partial charge on any atom is -0.397 e. The fraction of sp³-hybridized carbons (Fsp3) is 0.875. The summed E-state index contributed by atoms with van der Waals surface area (Å²) in [7, 11) is 7.20. The lowest BCUT2D eigenvalue weighted by atomic mass is 10.7. The third-order valence-corrected chi connectivity index (χ3v) is 0.630. The summed E-state index contributed by atoms with van der Waals surface area (Å²) >= 11 is 0. The van der Waals surface area contributed by atoms with Crippen LogP contribution in [0.3, 0.4) is 0 Å². The van der Waals surface area contributed by atoms with Crippen LogP contribution in [0.25, 0.3) is 0 Å². The molecule has 0 bridgehead atoms. The number of carbonyl (C=O) groups is 1. The minimum atomic E-state index is 0.0926. The maximum atomic E-state index is 10.1. The van der Waals surface area contributed by atoms with E-state index in [9.17, 15) is 4.79 Å². The number of hydrogen-bond acceptors (Lipinski definition) is 3. The molecule has 0 radical (unpaired) electrons. The molecule has 12 heavy (non-hydrogen) atoms. The molecule has 4 heteroatoms. The van der Waals surface area contributed by atoms with Gasteiger partial charge in [-0.25, -0.2) is 0 Å². The van der Waals surface area contributed by atoms with E-state index in [0.29, 0.717) is 0 Å². The van der Waals surface area contributed by atoms with E-state index in [1.807, 2.05) is 14.1 Å². The maximum absolute atomic E-state index is 10.1. The molecule has 76 valence electrons. The molecule has 0 unspecified atom stereocenters. The molecule has 0 heterocycles. The predicted molar refractivity (Wildman–Crippen MR) is 52.1 cm³/mol. The number of carbonyl (C=O) groups excluding carboxylic acids is 1. The van der Waals surface area contributed by atoms with Gasteiger partial charge in [0.2, 0.25) is 5.91 Å². The van der Waals surface area contributed by atoms with Crippen LogP contribution in [0.5, 0.6) is 0 Å². The first-order valence-electron chi connectivity index (χ1n) is 3.85. The Kier molecular flexibility index (Phi) is 24.4. The number of hydrogen-bond donors (Lipinski definition) is 2. The second kappa shape index (κ2) is 16.8. The number of rotatable bonds is 0. The van der Waals surface area contributed by atoms with Crippen molar-refractivity contribution in [1.82, 2.24) is 10.2 Å². The second-order valence-electron chi connectivity index (χ2n) is 2.23. The fourth-order valence-electron chi connectivity index (χ4n) is 0. The zero-order chi connectivity index (χ0) is 10.6. The van der Waals surface area contributed by atoms with E-state index in [0.717, 1.165) is 0 Å². The van der Waals surface area contributed by atoms with E-state index >= 15 is 0 Å². The van der Waals surface area contributed by atoms with Gasteiger partial charge < -0.3 is 15.3 Å². The summed E-state index contributed by atoms with van der Waals surface area (Å²) in [6, 6.07) is 0. The van der Waals surface area contributed by atoms with E-state index < -0.39 is 0 Å². The van der Waals surface area contributed by atoms with Crippen LogP contribution in [-0.4, -0.2) is 50.7 Å². The average molecular weight is 178 g/mol. The zero-order valence-electron chi connectivity index (χ0n) is 9.01. The van der Waals surface area contributed by atoms with Crippen molar-refractivity contribution in [2.24, 2.45) is 0 Å². The molecular weight excluding hydrogens is 156 g/mol. The smallest absolute Gasteiger partial charge is 0.218 e. The summed E-state index contributed by atoms with van der Waals surface area (Å²) in [6.45, 7) is 3.46. The molecule has 0 rings (SSSR count). The number of aliphatic hydroxyl groups is 1. The van der Waals surface area contributed by atoms with Crippen molar-refractivity contribution in [2.75, 3.05) is 34.8 Å². The normalized spacial score (nSPS) is 6.92. The Morgan fingerprint density at radius 3 is 1.50 bits per heavy atom. The van der Waals surface area contributed by atoms with Gasteiger partial charge in [0.15, 0.2) is 0 Å². The minimum absolute atomic E-state index is 0.0926. The molecule has 0 spiro atoms. The highest BCUT2D eigenvalue weighted by Crippen LogP contribution is 1.69. The van der Waals surface area contributed by atoms with Gasteiger partial charge in [-0.2, -0.15) is 0 Å². The molecule has 0 aromatic carbocycles. The monoisotopic (exact) mass is 178 g/mol. The Hall–Kier alpha value is -0.610. The number of nitrogens with one attached hydrogen (secondary N) is 1. The molecule has 0 atom stereocenters. The van der Waals surface area contributed by atoms with Crippen molar-refractivity contribution in [3.63, 3.8) is 0 Å². The Morgan fingerprint density at radius 1 is 1.42 bits per heavy atom. The van der Waals surface area contributed by atoms with Gasteiger partial charge in [-0.3, -0.25) is 4.79 Å². The standard InChI is InChI=1S/C4H9NO.C2H7N.C2H6O/c1-4(6)5(2)3;1-3-2;1-2-3/h1-3H3;3H,1-2H3;3H,2H2,1H3. The molecular formula is C8H22N2O2. The number of aliphatic hydroxyl groups excluding tert-OH is 1. The molecule has 4 nitrogen and oxygen atoms in total. The average Bonchev–Trinajstić information content (AvgIpc) is 1.90. The van der Waals surface area contributed by atoms with E-state index in [1.54, 1.807) is 21.0 Å². The fourth-order valence-corrected chi connectivity index (χ4v) is 0. The van der Waals surface area contributed by atoms with Gasteiger partial charge in [-0.1, -0.05) is 0 Å². The van der Waals surface area contributed by atoms with E-state index in [4.69, 9.17) is 5.11 Å². The SMILES string of the molecule is CC(=O)N(C)C.CCO.CNC. The summed E-state index contributed by atoms with van der Waals surface area (Å²) in [6.07, 6.45) is 0. The van der Waals surface area contributed by atoms with Gasteiger partial charge in [0, 0.05) is 27.6 Å². The molecule has 0 fully saturated rings. The maximum Gasteiger partial charge on any atom is 0.218 e. The lowest BCUT2D eigenvalue weighted by Gasteiger charge is -2.02.